The lowest BCUT2D eigenvalue weighted by atomic mass is 10.1. The van der Waals surface area contributed by atoms with E-state index in [0.717, 1.165) is 12.8 Å². The lowest BCUT2D eigenvalue weighted by Crippen LogP contribution is -2.03. The first-order valence-corrected chi connectivity index (χ1v) is 9.94. The van der Waals surface area contributed by atoms with Gasteiger partial charge in [0.25, 0.3) is 0 Å². The van der Waals surface area contributed by atoms with Crippen molar-refractivity contribution in [1.29, 1.82) is 0 Å². The van der Waals surface area contributed by atoms with Gasteiger partial charge in [-0.25, -0.2) is 0 Å². The molecule has 1 aromatic rings. The first-order chi connectivity index (χ1) is 14.1. The number of carbonyl (C=O) groups excluding carboxylic acids is 2. The van der Waals surface area contributed by atoms with E-state index in [4.69, 9.17) is 24.7 Å². The van der Waals surface area contributed by atoms with E-state index in [9.17, 15) is 9.59 Å². The second-order valence-electron chi connectivity index (χ2n) is 6.71. The number of carbonyl (C=O) groups is 2. The number of fused-ring (bicyclic) bond motifs is 1. The number of hydrogen-bond acceptors (Lipinski definition) is 7. The van der Waals surface area contributed by atoms with Crippen LogP contribution in [-0.4, -0.2) is 23.3 Å². The molecule has 0 heterocycles. The minimum atomic E-state index is -0.504. The Hall–Kier alpha value is -2.64. The van der Waals surface area contributed by atoms with Crippen LogP contribution in [0.25, 0.3) is 0 Å². The van der Waals surface area contributed by atoms with Crippen LogP contribution in [-0.2, 0) is 26.2 Å². The molecule has 0 radical (unpaired) electrons. The van der Waals surface area contributed by atoms with Crippen LogP contribution < -0.4 is 0 Å². The molecule has 0 unspecified atom stereocenters. The van der Waals surface area contributed by atoms with Crippen molar-refractivity contribution in [1.82, 2.24) is 0 Å². The second kappa shape index (κ2) is 12.0. The maximum Gasteiger partial charge on any atom is 0.348 e. The predicted molar refractivity (Wildman–Crippen MR) is 106 cm³/mol. The molecule has 29 heavy (non-hydrogen) atoms. The highest BCUT2D eigenvalue weighted by atomic mass is 17.3. The summed E-state index contributed by atoms with van der Waals surface area (Å²) in [6, 6.07) is 4.72. The molecule has 0 atom stereocenters. The fraction of sp³-hybridized carbons (Fsp3) is 0.455. The molecule has 0 fully saturated rings. The molecule has 0 aromatic heterocycles. The molecule has 0 saturated carbocycles. The zero-order chi connectivity index (χ0) is 21.1. The monoisotopic (exact) mass is 404 g/mol. The van der Waals surface area contributed by atoms with Gasteiger partial charge in [-0.2, -0.15) is 9.78 Å². The van der Waals surface area contributed by atoms with E-state index in [1.54, 1.807) is 25.1 Å². The summed E-state index contributed by atoms with van der Waals surface area (Å²) in [6.07, 6.45) is 9.04. The predicted octanol–water partition coefficient (Wildman–Crippen LogP) is 5.13. The van der Waals surface area contributed by atoms with Gasteiger partial charge in [-0.05, 0) is 37.1 Å². The molecule has 1 aliphatic rings. The summed E-state index contributed by atoms with van der Waals surface area (Å²) in [6.45, 7) is 4.40. The van der Waals surface area contributed by atoms with Crippen molar-refractivity contribution in [2.45, 2.75) is 59.0 Å². The largest absolute Gasteiger partial charge is 0.515 e. The Kier molecular flexibility index (Phi) is 9.40. The van der Waals surface area contributed by atoms with E-state index in [1.165, 1.54) is 31.7 Å². The Morgan fingerprint density at radius 2 is 1.66 bits per heavy atom. The number of ketones is 2. The third-order valence-corrected chi connectivity index (χ3v) is 4.52. The van der Waals surface area contributed by atoms with E-state index in [-0.39, 0.29) is 29.3 Å². The van der Waals surface area contributed by atoms with Gasteiger partial charge < -0.3 is 5.11 Å². The number of rotatable bonds is 13. The lowest BCUT2D eigenvalue weighted by molar-refractivity contribution is -0.373. The summed E-state index contributed by atoms with van der Waals surface area (Å²) in [4.78, 5) is 44.5. The van der Waals surface area contributed by atoms with Crippen LogP contribution in [0.4, 0.5) is 0 Å². The quantitative estimate of drug-likeness (QED) is 0.122. The van der Waals surface area contributed by atoms with Crippen LogP contribution in [0.1, 0.15) is 78.7 Å². The number of aliphatic hydroxyl groups is 1. The van der Waals surface area contributed by atoms with Crippen molar-refractivity contribution in [3.63, 3.8) is 0 Å². The molecule has 1 aliphatic carbocycles. The molecule has 158 valence electrons. The molecular weight excluding hydrogens is 376 g/mol. The van der Waals surface area contributed by atoms with Gasteiger partial charge in [0.1, 0.15) is 12.2 Å². The summed E-state index contributed by atoms with van der Waals surface area (Å²) in [7, 11) is 0. The van der Waals surface area contributed by atoms with Crippen LogP contribution in [0.2, 0.25) is 0 Å². The fourth-order valence-corrected chi connectivity index (χ4v) is 2.88. The van der Waals surface area contributed by atoms with Crippen molar-refractivity contribution < 1.29 is 34.2 Å². The fourth-order valence-electron chi connectivity index (χ4n) is 2.88. The molecular formula is C22H28O7. The first-order valence-electron chi connectivity index (χ1n) is 9.94. The zero-order valence-electron chi connectivity index (χ0n) is 16.9. The number of Topliss-reactive ketones (excluding diaryl/α,β-unsaturated/α-hetero) is 2. The molecule has 0 saturated heterocycles. The van der Waals surface area contributed by atoms with E-state index < -0.39 is 11.6 Å². The number of unbranched alkanes of at least 4 members (excludes halogenated alkanes) is 5. The van der Waals surface area contributed by atoms with Gasteiger partial charge in [0.15, 0.2) is 0 Å². The third-order valence-electron chi connectivity index (χ3n) is 4.52. The summed E-state index contributed by atoms with van der Waals surface area (Å²) in [5.74, 6) is -0.909. The molecule has 0 amide bonds. The highest BCUT2D eigenvalue weighted by molar-refractivity contribution is 6.39. The average Bonchev–Trinajstić information content (AvgIpc) is 2.97. The molecule has 7 heteroatoms. The molecule has 1 N–H and O–H groups in total. The summed E-state index contributed by atoms with van der Waals surface area (Å²) >= 11 is 0. The molecule has 0 bridgehead atoms. The van der Waals surface area contributed by atoms with Crippen molar-refractivity contribution >= 4 is 11.6 Å². The molecule has 1 aromatic carbocycles. The molecule has 0 spiro atoms. The Balaban J connectivity index is 1.71. The van der Waals surface area contributed by atoms with Gasteiger partial charge in [-0.1, -0.05) is 45.1 Å². The Morgan fingerprint density at radius 1 is 0.966 bits per heavy atom. The van der Waals surface area contributed by atoms with Gasteiger partial charge >= 0.3 is 5.95 Å². The van der Waals surface area contributed by atoms with Crippen molar-refractivity contribution in [2.75, 3.05) is 6.61 Å². The number of allylic oxidation sites excluding steroid dienone is 2. The first kappa shape index (κ1) is 22.6. The van der Waals surface area contributed by atoms with Gasteiger partial charge in [-0.15, -0.1) is 0 Å². The van der Waals surface area contributed by atoms with Crippen molar-refractivity contribution in [3.8, 4) is 0 Å². The standard InChI is InChI=1S/C22H28O7/c1-3-5-6-7-8-9-12-26-28-20(4-2)29-27-15-16-10-11-17-18(13-16)22(25)19(14-23)21(17)24/h4,10-11,13-14,23H,3,5-9,12,15H2,1-2H3/b19-14-,20-4?. The summed E-state index contributed by atoms with van der Waals surface area (Å²) in [5.41, 5.74) is 0.899. The zero-order valence-corrected chi connectivity index (χ0v) is 16.9. The average molecular weight is 404 g/mol. The van der Waals surface area contributed by atoms with Gasteiger partial charge in [0.2, 0.25) is 11.6 Å². The highest BCUT2D eigenvalue weighted by Gasteiger charge is 2.33. The lowest BCUT2D eigenvalue weighted by Gasteiger charge is -2.09. The number of aliphatic hydroxyl groups excluding tert-OH is 1. The summed E-state index contributed by atoms with van der Waals surface area (Å²) in [5, 5.41) is 9.05. The normalized spacial score (nSPS) is 15.1. The van der Waals surface area contributed by atoms with Gasteiger partial charge in [-0.3, -0.25) is 19.4 Å². The Morgan fingerprint density at radius 3 is 2.38 bits per heavy atom. The van der Waals surface area contributed by atoms with E-state index in [1.807, 2.05) is 0 Å². The summed E-state index contributed by atoms with van der Waals surface area (Å²) < 4.78 is 0. The second-order valence-corrected chi connectivity index (χ2v) is 6.71. The smallest absolute Gasteiger partial charge is 0.348 e. The van der Waals surface area contributed by atoms with Gasteiger partial charge in [0.05, 0.1) is 12.9 Å². The maximum absolute atomic E-state index is 12.1. The molecule has 7 nitrogen and oxygen atoms in total. The minimum Gasteiger partial charge on any atom is -0.515 e. The number of hydrogen-bond donors (Lipinski definition) is 1. The SMILES string of the molecule is CC=C(OOCCCCCCCC)OOCc1ccc2c(c1)C(=O)/C(=C\O)C2=O. The molecule has 2 rings (SSSR count). The van der Waals surface area contributed by atoms with Crippen molar-refractivity contribution in [3.05, 3.63) is 58.7 Å². The van der Waals surface area contributed by atoms with Crippen LogP contribution in [0, 0.1) is 0 Å². The highest BCUT2D eigenvalue weighted by Crippen LogP contribution is 2.27. The Labute approximate surface area is 170 Å². The van der Waals surface area contributed by atoms with Gasteiger partial charge in [0, 0.05) is 11.1 Å². The van der Waals surface area contributed by atoms with Crippen molar-refractivity contribution in [2.24, 2.45) is 0 Å². The molecule has 0 aliphatic heterocycles. The minimum absolute atomic E-state index is 0.0328. The van der Waals surface area contributed by atoms with E-state index in [2.05, 4.69) is 6.92 Å². The van der Waals surface area contributed by atoms with Crippen LogP contribution in [0.3, 0.4) is 0 Å². The number of benzene rings is 1. The van der Waals surface area contributed by atoms with E-state index in [0.29, 0.717) is 18.4 Å². The Bertz CT molecular complexity index is 764. The van der Waals surface area contributed by atoms with Crippen LogP contribution >= 0.6 is 0 Å². The third kappa shape index (κ3) is 6.44. The van der Waals surface area contributed by atoms with E-state index >= 15 is 0 Å². The van der Waals surface area contributed by atoms with Crippen LogP contribution in [0.5, 0.6) is 0 Å². The van der Waals surface area contributed by atoms with Crippen LogP contribution in [0.15, 0.2) is 42.1 Å². The topological polar surface area (TPSA) is 91.3 Å². The maximum atomic E-state index is 12.1.